The minimum atomic E-state index is -0.00786. The van der Waals surface area contributed by atoms with Crippen molar-refractivity contribution in [2.45, 2.75) is 24.3 Å². The molecule has 0 spiro atoms. The highest BCUT2D eigenvalue weighted by Crippen LogP contribution is 2.21. The van der Waals surface area contributed by atoms with Crippen LogP contribution in [0.25, 0.3) is 0 Å². The molecule has 0 atom stereocenters. The second-order valence-electron chi connectivity index (χ2n) is 4.01. The van der Waals surface area contributed by atoms with E-state index in [0.29, 0.717) is 18.8 Å². The van der Waals surface area contributed by atoms with Gasteiger partial charge in [0, 0.05) is 16.3 Å². The molecule has 0 fully saturated rings. The first-order valence-electron chi connectivity index (χ1n) is 6.11. The van der Waals surface area contributed by atoms with Gasteiger partial charge in [-0.15, -0.1) is 22.0 Å². The molecule has 0 aliphatic carbocycles. The SMILES string of the molecule is O=C(CCCSc1ccc(Cl)cc1)NCc1nn[nH]n1. The Morgan fingerprint density at radius 1 is 1.35 bits per heavy atom. The maximum atomic E-state index is 11.6. The number of hydrogen-bond donors (Lipinski definition) is 2. The summed E-state index contributed by atoms with van der Waals surface area (Å²) in [6.45, 7) is 0.305. The first-order valence-corrected chi connectivity index (χ1v) is 7.48. The number of thioether (sulfide) groups is 1. The molecule has 1 amide bonds. The van der Waals surface area contributed by atoms with Crippen LogP contribution < -0.4 is 5.32 Å². The van der Waals surface area contributed by atoms with Crippen molar-refractivity contribution < 1.29 is 4.79 Å². The number of nitrogens with one attached hydrogen (secondary N) is 2. The Kier molecular flexibility index (Phi) is 5.82. The summed E-state index contributed by atoms with van der Waals surface area (Å²) in [5.74, 6) is 1.36. The van der Waals surface area contributed by atoms with E-state index in [4.69, 9.17) is 11.6 Å². The van der Waals surface area contributed by atoms with Gasteiger partial charge in [-0.05, 0) is 36.4 Å². The predicted octanol–water partition coefficient (Wildman–Crippen LogP) is 2.04. The lowest BCUT2D eigenvalue weighted by molar-refractivity contribution is -0.121. The van der Waals surface area contributed by atoms with Crippen LogP contribution >= 0.6 is 23.4 Å². The Morgan fingerprint density at radius 3 is 2.85 bits per heavy atom. The summed E-state index contributed by atoms with van der Waals surface area (Å²) < 4.78 is 0. The van der Waals surface area contributed by atoms with Crippen molar-refractivity contribution in [3.8, 4) is 0 Å². The maximum Gasteiger partial charge on any atom is 0.220 e. The number of benzene rings is 1. The lowest BCUT2D eigenvalue weighted by Crippen LogP contribution is -2.23. The predicted molar refractivity (Wildman–Crippen MR) is 77.4 cm³/mol. The monoisotopic (exact) mass is 311 g/mol. The molecule has 0 aliphatic rings. The van der Waals surface area contributed by atoms with Gasteiger partial charge >= 0.3 is 0 Å². The number of aromatic amines is 1. The van der Waals surface area contributed by atoms with E-state index in [9.17, 15) is 4.79 Å². The Labute approximate surface area is 125 Å². The summed E-state index contributed by atoms with van der Waals surface area (Å²) in [7, 11) is 0. The number of halogens is 1. The molecule has 0 saturated carbocycles. The molecule has 2 N–H and O–H groups in total. The number of rotatable bonds is 7. The van der Waals surface area contributed by atoms with Crippen LogP contribution in [0.1, 0.15) is 18.7 Å². The van der Waals surface area contributed by atoms with Gasteiger partial charge in [0.1, 0.15) is 0 Å². The molecule has 1 aromatic carbocycles. The van der Waals surface area contributed by atoms with Crippen LogP contribution in [-0.4, -0.2) is 32.3 Å². The lowest BCUT2D eigenvalue weighted by Gasteiger charge is -2.03. The average Bonchev–Trinajstić information content (AvgIpc) is 2.96. The summed E-state index contributed by atoms with van der Waals surface area (Å²) >= 11 is 7.52. The summed E-state index contributed by atoms with van der Waals surface area (Å²) in [5, 5.41) is 16.7. The highest BCUT2D eigenvalue weighted by atomic mass is 35.5. The van der Waals surface area contributed by atoms with Crippen LogP contribution in [0, 0.1) is 0 Å². The summed E-state index contributed by atoms with van der Waals surface area (Å²) in [5.41, 5.74) is 0. The quantitative estimate of drug-likeness (QED) is 0.604. The fourth-order valence-corrected chi connectivity index (χ4v) is 2.46. The normalized spacial score (nSPS) is 10.4. The first-order chi connectivity index (χ1) is 9.74. The van der Waals surface area contributed by atoms with Crippen LogP contribution in [0.3, 0.4) is 0 Å². The molecule has 0 saturated heterocycles. The summed E-state index contributed by atoms with van der Waals surface area (Å²) in [6, 6.07) is 7.68. The van der Waals surface area contributed by atoms with Gasteiger partial charge in [0.05, 0.1) is 6.54 Å². The zero-order valence-corrected chi connectivity index (χ0v) is 12.2. The van der Waals surface area contributed by atoms with Crippen LogP contribution in [0.15, 0.2) is 29.2 Å². The fraction of sp³-hybridized carbons (Fsp3) is 0.333. The Bertz CT molecular complexity index is 531. The van der Waals surface area contributed by atoms with E-state index in [-0.39, 0.29) is 5.91 Å². The highest BCUT2D eigenvalue weighted by Gasteiger charge is 2.04. The third-order valence-electron chi connectivity index (χ3n) is 2.46. The zero-order valence-electron chi connectivity index (χ0n) is 10.7. The van der Waals surface area contributed by atoms with E-state index in [0.717, 1.165) is 22.1 Å². The average molecular weight is 312 g/mol. The summed E-state index contributed by atoms with van der Waals surface area (Å²) in [6.07, 6.45) is 1.30. The molecular formula is C12H14ClN5OS. The molecule has 0 aliphatic heterocycles. The van der Waals surface area contributed by atoms with E-state index < -0.39 is 0 Å². The summed E-state index contributed by atoms with van der Waals surface area (Å²) in [4.78, 5) is 12.7. The molecule has 2 rings (SSSR count). The minimum absolute atomic E-state index is 0.00786. The smallest absolute Gasteiger partial charge is 0.220 e. The maximum absolute atomic E-state index is 11.6. The van der Waals surface area contributed by atoms with Crippen molar-refractivity contribution in [3.05, 3.63) is 35.1 Å². The molecule has 2 aromatic rings. The van der Waals surface area contributed by atoms with E-state index in [2.05, 4.69) is 25.9 Å². The second kappa shape index (κ2) is 7.86. The highest BCUT2D eigenvalue weighted by molar-refractivity contribution is 7.99. The van der Waals surface area contributed by atoms with Crippen molar-refractivity contribution in [1.29, 1.82) is 0 Å². The van der Waals surface area contributed by atoms with Crippen LogP contribution in [0.2, 0.25) is 5.02 Å². The molecule has 0 radical (unpaired) electrons. The molecule has 1 heterocycles. The van der Waals surface area contributed by atoms with Crippen molar-refractivity contribution in [1.82, 2.24) is 25.9 Å². The van der Waals surface area contributed by atoms with Gasteiger partial charge in [0.15, 0.2) is 5.82 Å². The minimum Gasteiger partial charge on any atom is -0.349 e. The number of tetrazole rings is 1. The van der Waals surface area contributed by atoms with E-state index in [1.54, 1.807) is 11.8 Å². The van der Waals surface area contributed by atoms with E-state index in [1.165, 1.54) is 0 Å². The van der Waals surface area contributed by atoms with E-state index >= 15 is 0 Å². The van der Waals surface area contributed by atoms with Gasteiger partial charge in [-0.3, -0.25) is 4.79 Å². The second-order valence-corrected chi connectivity index (χ2v) is 5.62. The van der Waals surface area contributed by atoms with Crippen LogP contribution in [0.5, 0.6) is 0 Å². The van der Waals surface area contributed by atoms with Gasteiger partial charge in [-0.25, -0.2) is 0 Å². The third-order valence-corrected chi connectivity index (χ3v) is 3.81. The van der Waals surface area contributed by atoms with Crippen molar-refractivity contribution in [2.24, 2.45) is 0 Å². The number of aromatic nitrogens is 4. The third kappa shape index (κ3) is 5.18. The Hall–Kier alpha value is -1.60. The zero-order chi connectivity index (χ0) is 14.2. The van der Waals surface area contributed by atoms with Crippen LogP contribution in [-0.2, 0) is 11.3 Å². The van der Waals surface area contributed by atoms with Crippen molar-refractivity contribution in [2.75, 3.05) is 5.75 Å². The van der Waals surface area contributed by atoms with Gasteiger partial charge < -0.3 is 5.32 Å². The van der Waals surface area contributed by atoms with Gasteiger partial charge in [-0.2, -0.15) is 5.21 Å². The molecule has 0 bridgehead atoms. The number of amides is 1. The lowest BCUT2D eigenvalue weighted by atomic mass is 10.3. The van der Waals surface area contributed by atoms with Crippen molar-refractivity contribution >= 4 is 29.3 Å². The topological polar surface area (TPSA) is 83.6 Å². The molecule has 20 heavy (non-hydrogen) atoms. The standard InChI is InChI=1S/C12H14ClN5OS/c13-9-3-5-10(6-4-9)20-7-1-2-12(19)14-8-11-15-17-18-16-11/h3-6H,1-2,7-8H2,(H,14,19)(H,15,16,17,18). The fourth-order valence-electron chi connectivity index (χ4n) is 1.48. The van der Waals surface area contributed by atoms with Crippen molar-refractivity contribution in [3.63, 3.8) is 0 Å². The molecule has 106 valence electrons. The number of carbonyl (C=O) groups is 1. The Balaban J connectivity index is 1.58. The first kappa shape index (κ1) is 14.8. The van der Waals surface area contributed by atoms with Gasteiger partial charge in [0.2, 0.25) is 5.91 Å². The van der Waals surface area contributed by atoms with Crippen LogP contribution in [0.4, 0.5) is 0 Å². The Morgan fingerprint density at radius 2 is 2.15 bits per heavy atom. The number of hydrogen-bond acceptors (Lipinski definition) is 5. The molecule has 1 aromatic heterocycles. The van der Waals surface area contributed by atoms with Gasteiger partial charge in [-0.1, -0.05) is 16.8 Å². The molecule has 6 nitrogen and oxygen atoms in total. The van der Waals surface area contributed by atoms with Gasteiger partial charge in [0.25, 0.3) is 0 Å². The number of nitrogens with zero attached hydrogens (tertiary/aromatic N) is 3. The van der Waals surface area contributed by atoms with E-state index in [1.807, 2.05) is 24.3 Å². The molecule has 8 heteroatoms. The number of H-pyrrole nitrogens is 1. The molecular weight excluding hydrogens is 298 g/mol. The largest absolute Gasteiger partial charge is 0.349 e. The molecule has 0 unspecified atom stereocenters. The number of carbonyl (C=O) groups excluding carboxylic acids is 1.